The number of carbonyl (C=O) groups is 2. The number of benzene rings is 1. The number of rotatable bonds is 7. The van der Waals surface area contributed by atoms with Gasteiger partial charge in [-0.05, 0) is 86.2 Å². The lowest BCUT2D eigenvalue weighted by Crippen LogP contribution is -2.35. The molecule has 1 aliphatic carbocycles. The predicted molar refractivity (Wildman–Crippen MR) is 132 cm³/mol. The molecule has 1 saturated carbocycles. The van der Waals surface area contributed by atoms with Crippen molar-refractivity contribution in [1.82, 2.24) is 30.6 Å². The molecule has 174 valence electrons. The minimum absolute atomic E-state index is 0.345. The number of hydrogen-bond donors (Lipinski definition) is 2. The van der Waals surface area contributed by atoms with E-state index in [1.165, 1.54) is 5.56 Å². The SMILES string of the molecule is O=C1NC(=O)/C(=C/c2ccnc(CC3CCC(NCCc4ccc5nccnc5c4)CC3)n2)S1. The molecule has 34 heavy (non-hydrogen) atoms. The summed E-state index contributed by atoms with van der Waals surface area (Å²) < 4.78 is 0. The molecule has 0 unspecified atom stereocenters. The van der Waals surface area contributed by atoms with Gasteiger partial charge < -0.3 is 5.32 Å². The maximum atomic E-state index is 11.8. The van der Waals surface area contributed by atoms with Crippen LogP contribution in [0.2, 0.25) is 0 Å². The molecule has 2 N–H and O–H groups in total. The van der Waals surface area contributed by atoms with E-state index in [4.69, 9.17) is 0 Å². The second kappa shape index (κ2) is 10.4. The first-order valence-electron chi connectivity index (χ1n) is 11.6. The first kappa shape index (κ1) is 22.6. The summed E-state index contributed by atoms with van der Waals surface area (Å²) in [5, 5.41) is 5.64. The van der Waals surface area contributed by atoms with Crippen LogP contribution in [0.4, 0.5) is 4.79 Å². The van der Waals surface area contributed by atoms with E-state index in [0.717, 1.165) is 73.7 Å². The highest BCUT2D eigenvalue weighted by Crippen LogP contribution is 2.28. The second-order valence-electron chi connectivity index (χ2n) is 8.76. The van der Waals surface area contributed by atoms with Crippen LogP contribution >= 0.6 is 11.8 Å². The molecule has 3 heterocycles. The van der Waals surface area contributed by atoms with Gasteiger partial charge in [0, 0.05) is 31.1 Å². The van der Waals surface area contributed by atoms with Crippen LogP contribution in [0.1, 0.15) is 42.8 Å². The largest absolute Gasteiger partial charge is 0.314 e. The first-order chi connectivity index (χ1) is 16.6. The van der Waals surface area contributed by atoms with E-state index < -0.39 is 0 Å². The number of aromatic nitrogens is 4. The van der Waals surface area contributed by atoms with Crippen LogP contribution in [-0.2, 0) is 17.6 Å². The molecular formula is C25H26N6O2S. The summed E-state index contributed by atoms with van der Waals surface area (Å²) in [5.41, 5.74) is 3.81. The molecule has 1 aliphatic heterocycles. The molecule has 2 aliphatic rings. The second-order valence-corrected chi connectivity index (χ2v) is 9.77. The molecule has 0 radical (unpaired) electrons. The van der Waals surface area contributed by atoms with Gasteiger partial charge in [-0.2, -0.15) is 0 Å². The maximum absolute atomic E-state index is 11.8. The van der Waals surface area contributed by atoms with Gasteiger partial charge >= 0.3 is 0 Å². The van der Waals surface area contributed by atoms with E-state index in [1.54, 1.807) is 30.7 Å². The minimum Gasteiger partial charge on any atom is -0.314 e. The molecule has 2 fully saturated rings. The normalized spacial score (nSPS) is 21.8. The molecule has 2 aromatic heterocycles. The topological polar surface area (TPSA) is 110 Å². The van der Waals surface area contributed by atoms with Crippen molar-refractivity contribution >= 4 is 40.0 Å². The zero-order valence-corrected chi connectivity index (χ0v) is 19.6. The summed E-state index contributed by atoms with van der Waals surface area (Å²) in [6, 6.07) is 8.60. The average Bonchev–Trinajstić information content (AvgIpc) is 3.16. The highest BCUT2D eigenvalue weighted by Gasteiger charge is 2.25. The van der Waals surface area contributed by atoms with Crippen molar-refractivity contribution in [2.24, 2.45) is 5.92 Å². The van der Waals surface area contributed by atoms with Crippen LogP contribution in [-0.4, -0.2) is 43.7 Å². The molecule has 2 amide bonds. The lowest BCUT2D eigenvalue weighted by molar-refractivity contribution is -0.115. The zero-order chi connectivity index (χ0) is 23.3. The van der Waals surface area contributed by atoms with Gasteiger partial charge in [0.1, 0.15) is 5.82 Å². The van der Waals surface area contributed by atoms with Crippen molar-refractivity contribution in [3.63, 3.8) is 0 Å². The number of amides is 2. The third kappa shape index (κ3) is 5.66. The minimum atomic E-state index is -0.365. The van der Waals surface area contributed by atoms with E-state index in [2.05, 4.69) is 42.7 Å². The molecule has 0 atom stereocenters. The van der Waals surface area contributed by atoms with Gasteiger partial charge in [-0.25, -0.2) is 9.97 Å². The molecule has 8 nitrogen and oxygen atoms in total. The first-order valence-corrected chi connectivity index (χ1v) is 12.4. The van der Waals surface area contributed by atoms with Crippen LogP contribution in [0.3, 0.4) is 0 Å². The fraction of sp³-hybridized carbons (Fsp3) is 0.360. The summed E-state index contributed by atoms with van der Waals surface area (Å²) in [6.07, 6.45) is 13.2. The van der Waals surface area contributed by atoms with Crippen molar-refractivity contribution in [1.29, 1.82) is 0 Å². The predicted octanol–water partition coefficient (Wildman–Crippen LogP) is 3.68. The smallest absolute Gasteiger partial charge is 0.290 e. The summed E-state index contributed by atoms with van der Waals surface area (Å²) in [4.78, 5) is 41.2. The van der Waals surface area contributed by atoms with Crippen molar-refractivity contribution in [3.8, 4) is 0 Å². The Morgan fingerprint density at radius 3 is 2.62 bits per heavy atom. The molecule has 9 heteroatoms. The van der Waals surface area contributed by atoms with Gasteiger partial charge in [0.2, 0.25) is 0 Å². The quantitative estimate of drug-likeness (QED) is 0.499. The molecule has 1 aromatic carbocycles. The van der Waals surface area contributed by atoms with E-state index in [-0.39, 0.29) is 11.1 Å². The Bertz CT molecular complexity index is 1240. The number of nitrogens with one attached hydrogen (secondary N) is 2. The summed E-state index contributed by atoms with van der Waals surface area (Å²) >= 11 is 0.904. The average molecular weight is 475 g/mol. The van der Waals surface area contributed by atoms with Crippen LogP contribution in [0.5, 0.6) is 0 Å². The Balaban J connectivity index is 1.08. The number of hydrogen-bond acceptors (Lipinski definition) is 8. The Morgan fingerprint density at radius 1 is 1.00 bits per heavy atom. The lowest BCUT2D eigenvalue weighted by Gasteiger charge is -2.29. The maximum Gasteiger partial charge on any atom is 0.290 e. The molecule has 0 spiro atoms. The molecule has 1 saturated heterocycles. The molecule has 0 bridgehead atoms. The van der Waals surface area contributed by atoms with Gasteiger partial charge in [-0.1, -0.05) is 6.07 Å². The number of thioether (sulfide) groups is 1. The zero-order valence-electron chi connectivity index (χ0n) is 18.7. The van der Waals surface area contributed by atoms with Gasteiger partial charge in [0.25, 0.3) is 11.1 Å². The number of carbonyl (C=O) groups excluding carboxylic acids is 2. The highest BCUT2D eigenvalue weighted by atomic mass is 32.2. The van der Waals surface area contributed by atoms with Crippen molar-refractivity contribution in [2.45, 2.75) is 44.6 Å². The van der Waals surface area contributed by atoms with E-state index in [9.17, 15) is 9.59 Å². The fourth-order valence-corrected chi connectivity index (χ4v) is 5.23. The van der Waals surface area contributed by atoms with Gasteiger partial charge in [0.15, 0.2) is 0 Å². The van der Waals surface area contributed by atoms with Gasteiger partial charge in [-0.3, -0.25) is 24.9 Å². The number of nitrogens with zero attached hydrogens (tertiary/aromatic N) is 4. The van der Waals surface area contributed by atoms with Crippen LogP contribution < -0.4 is 10.6 Å². The Kier molecular flexibility index (Phi) is 6.92. The van der Waals surface area contributed by atoms with Crippen molar-refractivity contribution in [3.05, 3.63) is 64.8 Å². The monoisotopic (exact) mass is 474 g/mol. The van der Waals surface area contributed by atoms with Crippen LogP contribution in [0.15, 0.2) is 47.8 Å². The molecular weight excluding hydrogens is 448 g/mol. The van der Waals surface area contributed by atoms with Gasteiger partial charge in [0.05, 0.1) is 21.6 Å². The standard InChI is InChI=1S/C25H26N6O2S/c32-24-22(34-25(33)31-24)15-19-8-10-29-23(30-19)14-16-1-4-18(5-2-16)26-9-7-17-3-6-20-21(13-17)28-12-11-27-20/h3,6,8,10-13,15-16,18,26H,1-2,4-5,7,9,14H2,(H,31,32,33)/b22-15-. The third-order valence-corrected chi connectivity index (χ3v) is 7.16. The number of fused-ring (bicyclic) bond motifs is 1. The Labute approximate surface area is 202 Å². The van der Waals surface area contributed by atoms with E-state index in [1.807, 2.05) is 6.07 Å². The lowest BCUT2D eigenvalue weighted by atomic mass is 9.84. The fourth-order valence-electron chi connectivity index (χ4n) is 4.56. The Morgan fingerprint density at radius 2 is 1.82 bits per heavy atom. The highest BCUT2D eigenvalue weighted by molar-refractivity contribution is 8.18. The summed E-state index contributed by atoms with van der Waals surface area (Å²) in [7, 11) is 0. The van der Waals surface area contributed by atoms with Crippen LogP contribution in [0.25, 0.3) is 17.1 Å². The summed E-state index contributed by atoms with van der Waals surface area (Å²) in [6.45, 7) is 0.953. The van der Waals surface area contributed by atoms with Crippen molar-refractivity contribution in [2.75, 3.05) is 6.54 Å². The van der Waals surface area contributed by atoms with E-state index in [0.29, 0.717) is 22.6 Å². The van der Waals surface area contributed by atoms with Crippen LogP contribution in [0, 0.1) is 5.92 Å². The molecule has 3 aromatic rings. The van der Waals surface area contributed by atoms with Crippen molar-refractivity contribution < 1.29 is 9.59 Å². The van der Waals surface area contributed by atoms with E-state index >= 15 is 0 Å². The number of imide groups is 1. The van der Waals surface area contributed by atoms with Gasteiger partial charge in [-0.15, -0.1) is 0 Å². The molecule has 5 rings (SSSR count). The Hall–Kier alpha value is -3.17. The summed E-state index contributed by atoms with van der Waals surface area (Å²) in [5.74, 6) is 0.987. The third-order valence-electron chi connectivity index (χ3n) is 6.35.